The number of amides is 2. The van der Waals surface area contributed by atoms with E-state index in [0.717, 1.165) is 9.58 Å². The zero-order valence-electron chi connectivity index (χ0n) is 15.6. The predicted octanol–water partition coefficient (Wildman–Crippen LogP) is -0.482. The highest BCUT2D eigenvalue weighted by molar-refractivity contribution is 5.83. The molecule has 1 aromatic heterocycles. The maximum absolute atomic E-state index is 12.5. The summed E-state index contributed by atoms with van der Waals surface area (Å²) in [6.07, 6.45) is -0.189. The molecule has 0 fully saturated rings. The minimum Gasteiger partial charge on any atom is -0.480 e. The van der Waals surface area contributed by atoms with Crippen molar-refractivity contribution in [3.8, 4) is 0 Å². The van der Waals surface area contributed by atoms with E-state index in [-0.39, 0.29) is 42.7 Å². The number of carboxylic acids is 1. The van der Waals surface area contributed by atoms with E-state index in [0.29, 0.717) is 0 Å². The van der Waals surface area contributed by atoms with Gasteiger partial charge >= 0.3 is 5.97 Å². The molecule has 3 N–H and O–H groups in total. The number of carbonyl (C=O) groups excluding carboxylic acids is 2. The van der Waals surface area contributed by atoms with E-state index in [1.54, 1.807) is 12.1 Å². The summed E-state index contributed by atoms with van der Waals surface area (Å²) in [6.45, 7) is 2.68. The third-order valence-electron chi connectivity index (χ3n) is 4.30. The van der Waals surface area contributed by atoms with Crippen LogP contribution in [0, 0.1) is 0 Å². The van der Waals surface area contributed by atoms with Crippen LogP contribution in [0.3, 0.4) is 0 Å². The minimum absolute atomic E-state index is 0.00895. The summed E-state index contributed by atoms with van der Waals surface area (Å²) in [5.41, 5.74) is -0.900. The normalized spacial score (nSPS) is 11.8. The number of hydrogen-bond acceptors (Lipinski definition) is 5. The number of aryl methyl sites for hydroxylation is 1. The highest BCUT2D eigenvalue weighted by Gasteiger charge is 2.25. The van der Waals surface area contributed by atoms with Gasteiger partial charge in [-0.05, 0) is 19.1 Å². The van der Waals surface area contributed by atoms with Crippen LogP contribution in [0.2, 0.25) is 0 Å². The molecule has 10 nitrogen and oxygen atoms in total. The van der Waals surface area contributed by atoms with Crippen molar-refractivity contribution in [1.82, 2.24) is 20.0 Å². The van der Waals surface area contributed by atoms with Crippen LogP contribution >= 0.6 is 0 Å². The molecule has 1 atom stereocenters. The summed E-state index contributed by atoms with van der Waals surface area (Å²) >= 11 is 0. The van der Waals surface area contributed by atoms with Crippen LogP contribution in [0.1, 0.15) is 20.3 Å². The Labute approximate surface area is 159 Å². The number of nitrogens with zero attached hydrogens (tertiary/aromatic N) is 2. The second-order valence-electron chi connectivity index (χ2n) is 6.28. The average Bonchev–Trinajstić information content (AvgIpc) is 2.66. The van der Waals surface area contributed by atoms with Crippen LogP contribution in [0.15, 0.2) is 33.9 Å². The van der Waals surface area contributed by atoms with Crippen LogP contribution in [-0.2, 0) is 20.9 Å². The molecule has 0 radical (unpaired) electrons. The standard InChI is InChI=1S/C18H22N4O6/c1-11(18(27)28)21(10-8-19-12(2)23)15(24)7-9-22-17(26)14-6-4-3-5-13(14)16(25)20-22/h3-6,11H,7-10H2,1-2H3,(H,19,23)(H,20,25)(H,27,28). The van der Waals surface area contributed by atoms with Gasteiger partial charge in [-0.15, -0.1) is 0 Å². The Kier molecular flexibility index (Phi) is 6.69. The summed E-state index contributed by atoms with van der Waals surface area (Å²) < 4.78 is 1.04. The van der Waals surface area contributed by atoms with Gasteiger partial charge in [0.25, 0.3) is 11.1 Å². The molecule has 0 aliphatic heterocycles. The molecule has 0 spiro atoms. The molecule has 150 valence electrons. The Morgan fingerprint density at radius 2 is 1.86 bits per heavy atom. The topological polar surface area (TPSA) is 142 Å². The number of rotatable bonds is 8. The van der Waals surface area contributed by atoms with Crippen molar-refractivity contribution in [2.24, 2.45) is 0 Å². The second kappa shape index (κ2) is 8.98. The molecular weight excluding hydrogens is 368 g/mol. The van der Waals surface area contributed by atoms with Crippen molar-refractivity contribution in [1.29, 1.82) is 0 Å². The first kappa shape index (κ1) is 20.9. The Morgan fingerprint density at radius 3 is 2.46 bits per heavy atom. The Balaban J connectivity index is 2.17. The predicted molar refractivity (Wildman–Crippen MR) is 101 cm³/mol. The molecule has 0 saturated heterocycles. The number of benzene rings is 1. The third kappa shape index (κ3) is 4.84. The van der Waals surface area contributed by atoms with Gasteiger partial charge in [-0.3, -0.25) is 24.3 Å². The van der Waals surface area contributed by atoms with Crippen molar-refractivity contribution >= 4 is 28.6 Å². The minimum atomic E-state index is -1.19. The van der Waals surface area contributed by atoms with Gasteiger partial charge in [0.05, 0.1) is 17.3 Å². The molecular formula is C18H22N4O6. The van der Waals surface area contributed by atoms with Crippen molar-refractivity contribution in [2.45, 2.75) is 32.9 Å². The summed E-state index contributed by atoms with van der Waals surface area (Å²) in [7, 11) is 0. The smallest absolute Gasteiger partial charge is 0.326 e. The monoisotopic (exact) mass is 390 g/mol. The van der Waals surface area contributed by atoms with Crippen LogP contribution in [0.4, 0.5) is 0 Å². The van der Waals surface area contributed by atoms with Gasteiger partial charge in [0.15, 0.2) is 0 Å². The van der Waals surface area contributed by atoms with Crippen LogP contribution in [0.25, 0.3) is 10.8 Å². The molecule has 1 aromatic carbocycles. The molecule has 2 rings (SSSR count). The Bertz CT molecular complexity index is 1010. The summed E-state index contributed by atoms with van der Waals surface area (Å²) in [4.78, 5) is 60.5. The van der Waals surface area contributed by atoms with Crippen LogP contribution in [-0.4, -0.2) is 56.7 Å². The van der Waals surface area contributed by atoms with Gasteiger partial charge in [-0.25, -0.2) is 9.48 Å². The number of aromatic amines is 1. The van der Waals surface area contributed by atoms with Gasteiger partial charge in [-0.2, -0.15) is 0 Å². The van der Waals surface area contributed by atoms with Gasteiger partial charge < -0.3 is 15.3 Å². The molecule has 2 aromatic rings. The van der Waals surface area contributed by atoms with Crippen molar-refractivity contribution < 1.29 is 19.5 Å². The lowest BCUT2D eigenvalue weighted by Gasteiger charge is -2.26. The number of carbonyl (C=O) groups is 3. The zero-order chi connectivity index (χ0) is 20.8. The molecule has 0 aliphatic rings. The average molecular weight is 390 g/mol. The maximum atomic E-state index is 12.5. The number of fused-ring (bicyclic) bond motifs is 1. The molecule has 2 amide bonds. The lowest BCUT2D eigenvalue weighted by atomic mass is 10.2. The molecule has 1 unspecified atom stereocenters. The van der Waals surface area contributed by atoms with Crippen LogP contribution in [0.5, 0.6) is 0 Å². The van der Waals surface area contributed by atoms with E-state index in [1.807, 2.05) is 0 Å². The quantitative estimate of drug-likeness (QED) is 0.556. The van der Waals surface area contributed by atoms with E-state index in [1.165, 1.54) is 26.0 Å². The molecule has 0 bridgehead atoms. The Morgan fingerprint density at radius 1 is 1.21 bits per heavy atom. The van der Waals surface area contributed by atoms with Crippen molar-refractivity contribution in [3.05, 3.63) is 45.0 Å². The fourth-order valence-electron chi connectivity index (χ4n) is 2.78. The number of aliphatic carboxylic acids is 1. The van der Waals surface area contributed by atoms with Crippen molar-refractivity contribution in [2.75, 3.05) is 13.1 Å². The first-order valence-electron chi connectivity index (χ1n) is 8.71. The van der Waals surface area contributed by atoms with Gasteiger partial charge in [-0.1, -0.05) is 12.1 Å². The summed E-state index contributed by atoms with van der Waals surface area (Å²) in [6, 6.07) is 5.23. The molecule has 10 heteroatoms. The number of aromatic nitrogens is 2. The van der Waals surface area contributed by atoms with E-state index in [4.69, 9.17) is 0 Å². The van der Waals surface area contributed by atoms with Gasteiger partial charge in [0.1, 0.15) is 6.04 Å². The summed E-state index contributed by atoms with van der Waals surface area (Å²) in [5, 5.41) is 14.6. The fourth-order valence-corrected chi connectivity index (χ4v) is 2.78. The third-order valence-corrected chi connectivity index (χ3v) is 4.30. The number of carboxylic acid groups (broad SMARTS) is 1. The fraction of sp³-hybridized carbons (Fsp3) is 0.389. The van der Waals surface area contributed by atoms with Gasteiger partial charge in [0.2, 0.25) is 11.8 Å². The number of H-pyrrole nitrogens is 1. The zero-order valence-corrected chi connectivity index (χ0v) is 15.6. The Hall–Kier alpha value is -3.43. The molecule has 28 heavy (non-hydrogen) atoms. The highest BCUT2D eigenvalue weighted by atomic mass is 16.4. The van der Waals surface area contributed by atoms with E-state index < -0.39 is 29.0 Å². The first-order valence-corrected chi connectivity index (χ1v) is 8.71. The van der Waals surface area contributed by atoms with Gasteiger partial charge in [0, 0.05) is 26.4 Å². The molecule has 1 heterocycles. The SMILES string of the molecule is CC(=O)NCCN(C(=O)CCn1[nH]c(=O)c2ccccc2c1=O)C(C)C(=O)O. The first-order chi connectivity index (χ1) is 13.2. The maximum Gasteiger partial charge on any atom is 0.326 e. The second-order valence-corrected chi connectivity index (χ2v) is 6.28. The molecule has 0 saturated carbocycles. The lowest BCUT2D eigenvalue weighted by Crippen LogP contribution is -2.47. The number of hydrogen-bond donors (Lipinski definition) is 3. The summed E-state index contributed by atoms with van der Waals surface area (Å²) in [5.74, 6) is -2.00. The van der Waals surface area contributed by atoms with E-state index in [2.05, 4.69) is 10.4 Å². The van der Waals surface area contributed by atoms with Crippen LogP contribution < -0.4 is 16.4 Å². The molecule has 0 aliphatic carbocycles. The number of nitrogens with one attached hydrogen (secondary N) is 2. The van der Waals surface area contributed by atoms with E-state index in [9.17, 15) is 29.1 Å². The highest BCUT2D eigenvalue weighted by Crippen LogP contribution is 2.05. The largest absolute Gasteiger partial charge is 0.480 e. The van der Waals surface area contributed by atoms with E-state index >= 15 is 0 Å². The van der Waals surface area contributed by atoms with Crippen molar-refractivity contribution in [3.63, 3.8) is 0 Å². The lowest BCUT2D eigenvalue weighted by molar-refractivity contribution is -0.149.